The number of amides is 1. The number of ether oxygens (including phenoxy) is 1. The van der Waals surface area contributed by atoms with Gasteiger partial charge in [0.05, 0.1) is 12.2 Å². The standard InChI is InChI=1S/C16H37NO2Si4/c1-16(2)14-19-15(18)17(16)12-13-23(20(3,4)5,21(6,7)8)22(9,10)11/h12-13H,14H2,1-11H3/b13-12-. The Morgan fingerprint density at radius 3 is 1.57 bits per heavy atom. The van der Waals surface area contributed by atoms with Crippen LogP contribution in [0.5, 0.6) is 0 Å². The van der Waals surface area contributed by atoms with E-state index in [1.54, 1.807) is 0 Å². The van der Waals surface area contributed by atoms with Gasteiger partial charge in [-0.2, -0.15) is 0 Å². The van der Waals surface area contributed by atoms with Crippen molar-refractivity contribution >= 4 is 35.5 Å². The van der Waals surface area contributed by atoms with Crippen molar-refractivity contribution in [2.24, 2.45) is 0 Å². The van der Waals surface area contributed by atoms with E-state index in [1.807, 2.05) is 4.90 Å². The summed E-state index contributed by atoms with van der Waals surface area (Å²) in [6, 6.07) is 0. The molecule has 0 atom stereocenters. The summed E-state index contributed by atoms with van der Waals surface area (Å²) in [4.78, 5) is 14.0. The van der Waals surface area contributed by atoms with Crippen molar-refractivity contribution in [3.05, 3.63) is 11.9 Å². The highest BCUT2D eigenvalue weighted by Gasteiger charge is 2.60. The molecule has 0 spiro atoms. The van der Waals surface area contributed by atoms with Crippen molar-refractivity contribution in [3.8, 4) is 0 Å². The summed E-state index contributed by atoms with van der Waals surface area (Å²) in [6.45, 7) is 26.2. The minimum Gasteiger partial charge on any atom is -0.447 e. The molecule has 23 heavy (non-hydrogen) atoms. The molecule has 0 aliphatic carbocycles. The second-order valence-electron chi connectivity index (χ2n) is 10.6. The fourth-order valence-electron chi connectivity index (χ4n) is 5.20. The van der Waals surface area contributed by atoms with Crippen molar-refractivity contribution in [1.29, 1.82) is 0 Å². The first kappa shape index (κ1) is 20.9. The van der Waals surface area contributed by atoms with E-state index in [0.29, 0.717) is 6.61 Å². The molecule has 7 heteroatoms. The van der Waals surface area contributed by atoms with Crippen LogP contribution in [0.2, 0.25) is 58.9 Å². The normalized spacial score (nSPS) is 20.3. The van der Waals surface area contributed by atoms with Gasteiger partial charge in [0.1, 0.15) is 6.61 Å². The zero-order chi connectivity index (χ0) is 18.5. The number of hydrogen-bond acceptors (Lipinski definition) is 2. The van der Waals surface area contributed by atoms with Crippen LogP contribution in [-0.2, 0) is 4.74 Å². The molecule has 0 bridgehead atoms. The molecule has 0 aromatic heterocycles. The Labute approximate surface area is 146 Å². The van der Waals surface area contributed by atoms with Crippen molar-refractivity contribution in [3.63, 3.8) is 0 Å². The molecular formula is C16H37NO2Si4. The molecule has 1 saturated heterocycles. The highest BCUT2D eigenvalue weighted by Crippen LogP contribution is 2.38. The lowest BCUT2D eigenvalue weighted by Crippen LogP contribution is -2.82. The van der Waals surface area contributed by atoms with E-state index in [9.17, 15) is 4.79 Å². The summed E-state index contributed by atoms with van der Waals surface area (Å²) >= 11 is 0. The third-order valence-corrected chi connectivity index (χ3v) is 76.5. The van der Waals surface area contributed by atoms with Crippen LogP contribution in [0, 0.1) is 0 Å². The van der Waals surface area contributed by atoms with Crippen molar-refractivity contribution in [2.45, 2.75) is 78.3 Å². The molecular weight excluding hydrogens is 351 g/mol. The van der Waals surface area contributed by atoms with Crippen LogP contribution in [0.1, 0.15) is 13.8 Å². The van der Waals surface area contributed by atoms with Crippen molar-refractivity contribution < 1.29 is 9.53 Å². The Hall–Kier alpha value is -0.122. The maximum Gasteiger partial charge on any atom is 0.414 e. The maximum absolute atomic E-state index is 12.2. The number of rotatable bonds is 5. The molecule has 1 aliphatic rings. The minimum absolute atomic E-state index is 0.184. The summed E-state index contributed by atoms with van der Waals surface area (Å²) in [5.41, 5.74) is 2.36. The monoisotopic (exact) mass is 387 g/mol. The molecule has 0 radical (unpaired) electrons. The van der Waals surface area contributed by atoms with Gasteiger partial charge in [-0.15, -0.1) is 0 Å². The largest absolute Gasteiger partial charge is 0.447 e. The fourth-order valence-corrected chi connectivity index (χ4v) is 100.0. The number of carbonyl (C=O) groups is 1. The van der Waals surface area contributed by atoms with E-state index >= 15 is 0 Å². The van der Waals surface area contributed by atoms with E-state index in [-0.39, 0.29) is 11.6 Å². The van der Waals surface area contributed by atoms with Gasteiger partial charge in [-0.3, -0.25) is 4.90 Å². The van der Waals surface area contributed by atoms with E-state index < -0.39 is 29.4 Å². The Bertz CT molecular complexity index is 460. The van der Waals surface area contributed by atoms with Gasteiger partial charge in [-0.05, 0) is 13.8 Å². The molecule has 1 fully saturated rings. The molecule has 1 aliphatic heterocycles. The van der Waals surface area contributed by atoms with Gasteiger partial charge in [0.15, 0.2) is 0 Å². The predicted octanol–water partition coefficient (Wildman–Crippen LogP) is 4.97. The van der Waals surface area contributed by atoms with E-state index in [2.05, 4.69) is 84.7 Å². The average molecular weight is 388 g/mol. The van der Waals surface area contributed by atoms with Crippen LogP contribution in [0.3, 0.4) is 0 Å². The lowest BCUT2D eigenvalue weighted by atomic mass is 10.1. The van der Waals surface area contributed by atoms with E-state index in [4.69, 9.17) is 4.74 Å². The zero-order valence-electron chi connectivity index (χ0n) is 17.1. The molecule has 1 amide bonds. The smallest absolute Gasteiger partial charge is 0.414 e. The molecule has 0 aromatic carbocycles. The second kappa shape index (κ2) is 6.00. The highest BCUT2D eigenvalue weighted by atomic mass is 29.9. The van der Waals surface area contributed by atoms with Crippen LogP contribution in [0.25, 0.3) is 0 Å². The maximum atomic E-state index is 12.2. The average Bonchev–Trinajstić information content (AvgIpc) is 2.50. The second-order valence-corrected chi connectivity index (χ2v) is 51.2. The van der Waals surface area contributed by atoms with Gasteiger partial charge in [0.25, 0.3) is 0 Å². The lowest BCUT2D eigenvalue weighted by molar-refractivity contribution is 0.166. The number of nitrogens with zero attached hydrogens (tertiary/aromatic N) is 1. The molecule has 1 heterocycles. The Morgan fingerprint density at radius 1 is 0.913 bits per heavy atom. The van der Waals surface area contributed by atoms with Crippen molar-refractivity contribution in [2.75, 3.05) is 6.61 Å². The summed E-state index contributed by atoms with van der Waals surface area (Å²) in [5, 5.41) is 0. The minimum atomic E-state index is -1.57. The highest BCUT2D eigenvalue weighted by molar-refractivity contribution is 7.90. The molecule has 3 nitrogen and oxygen atoms in total. The van der Waals surface area contributed by atoms with Crippen molar-refractivity contribution in [1.82, 2.24) is 4.90 Å². The first-order valence-electron chi connectivity index (χ1n) is 8.63. The predicted molar refractivity (Wildman–Crippen MR) is 112 cm³/mol. The van der Waals surface area contributed by atoms with Crippen LogP contribution in [0.15, 0.2) is 11.9 Å². The van der Waals surface area contributed by atoms with Crippen LogP contribution in [-0.4, -0.2) is 52.5 Å². The summed E-state index contributed by atoms with van der Waals surface area (Å²) in [5.74, 6) is 0. The summed E-state index contributed by atoms with van der Waals surface area (Å²) in [7, 11) is -4.05. The van der Waals surface area contributed by atoms with Crippen LogP contribution >= 0.6 is 0 Å². The van der Waals surface area contributed by atoms with Crippen LogP contribution in [0.4, 0.5) is 4.79 Å². The van der Waals surface area contributed by atoms with E-state index in [1.165, 1.54) is 0 Å². The summed E-state index contributed by atoms with van der Waals surface area (Å²) < 4.78 is 5.29. The Kier molecular flexibility index (Phi) is 5.45. The van der Waals surface area contributed by atoms with Gasteiger partial charge in [0.2, 0.25) is 0 Å². The van der Waals surface area contributed by atoms with Gasteiger partial charge < -0.3 is 4.74 Å². The quantitative estimate of drug-likeness (QED) is 0.623. The van der Waals surface area contributed by atoms with Gasteiger partial charge >= 0.3 is 6.09 Å². The molecule has 0 N–H and O–H groups in total. The van der Waals surface area contributed by atoms with Gasteiger partial charge in [-0.25, -0.2) is 4.79 Å². The first-order valence-corrected chi connectivity index (χ1v) is 24.2. The Balaban J connectivity index is 3.49. The Morgan fingerprint density at radius 2 is 1.30 bits per heavy atom. The third kappa shape index (κ3) is 3.62. The third-order valence-electron chi connectivity index (χ3n) is 5.42. The first-order chi connectivity index (χ1) is 9.97. The van der Waals surface area contributed by atoms with Crippen LogP contribution < -0.4 is 0 Å². The van der Waals surface area contributed by atoms with Gasteiger partial charge in [0, 0.05) is 29.0 Å². The fraction of sp³-hybridized carbons (Fsp3) is 0.812. The number of cyclic esters (lactones) is 1. The molecule has 0 saturated carbocycles. The number of carbonyl (C=O) groups excluding carboxylic acids is 1. The SMILES string of the molecule is CC1(C)COC(=O)N1/C=C\[Si]([Si](C)(C)C)([Si](C)(C)C)[Si](C)(C)C. The zero-order valence-corrected chi connectivity index (χ0v) is 21.1. The van der Waals surface area contributed by atoms with E-state index in [0.717, 1.165) is 0 Å². The molecule has 0 aromatic rings. The summed E-state index contributed by atoms with van der Waals surface area (Å²) in [6.07, 6.45) is 1.95. The lowest BCUT2D eigenvalue weighted by Gasteiger charge is -2.56. The molecule has 1 rings (SSSR count). The van der Waals surface area contributed by atoms with Gasteiger partial charge in [-0.1, -0.05) is 64.6 Å². The molecule has 0 unspecified atom stereocenters. The number of hydrogen-bond donors (Lipinski definition) is 0. The molecule has 134 valence electrons. The topological polar surface area (TPSA) is 29.5 Å².